The molecule has 0 spiro atoms. The minimum Gasteiger partial charge on any atom is -0.478 e. The fourth-order valence-corrected chi connectivity index (χ4v) is 1.30. The SMILES string of the molecule is O=C(O)/C=C\C(=O)Nc1ccc(Cl)cc1C(=O)O. The van der Waals surface area contributed by atoms with Gasteiger partial charge in [0, 0.05) is 17.2 Å². The van der Waals surface area contributed by atoms with Crippen molar-refractivity contribution in [3.63, 3.8) is 0 Å². The second-order valence-electron chi connectivity index (χ2n) is 3.16. The number of nitrogens with one attached hydrogen (secondary N) is 1. The first-order chi connectivity index (χ1) is 8.40. The van der Waals surface area contributed by atoms with Crippen LogP contribution in [0.5, 0.6) is 0 Å². The van der Waals surface area contributed by atoms with Crippen molar-refractivity contribution in [1.82, 2.24) is 0 Å². The van der Waals surface area contributed by atoms with Gasteiger partial charge >= 0.3 is 11.9 Å². The van der Waals surface area contributed by atoms with E-state index in [2.05, 4.69) is 5.32 Å². The van der Waals surface area contributed by atoms with Crippen LogP contribution in [0, 0.1) is 0 Å². The van der Waals surface area contributed by atoms with Crippen molar-refractivity contribution in [2.24, 2.45) is 0 Å². The monoisotopic (exact) mass is 269 g/mol. The molecule has 0 atom stereocenters. The minimum atomic E-state index is -1.28. The lowest BCUT2D eigenvalue weighted by Crippen LogP contribution is -2.12. The summed E-state index contributed by atoms with van der Waals surface area (Å²) in [6.07, 6.45) is 1.42. The molecule has 0 heterocycles. The molecule has 1 aromatic carbocycles. The van der Waals surface area contributed by atoms with Crippen LogP contribution >= 0.6 is 11.6 Å². The molecule has 18 heavy (non-hydrogen) atoms. The van der Waals surface area contributed by atoms with Gasteiger partial charge < -0.3 is 15.5 Å². The second kappa shape index (κ2) is 5.83. The van der Waals surface area contributed by atoms with Crippen LogP contribution in [0.2, 0.25) is 5.02 Å². The number of aromatic carboxylic acids is 1. The van der Waals surface area contributed by atoms with Crippen molar-refractivity contribution in [3.8, 4) is 0 Å². The number of anilines is 1. The summed E-state index contributed by atoms with van der Waals surface area (Å²) in [5.74, 6) is -3.28. The summed E-state index contributed by atoms with van der Waals surface area (Å²) < 4.78 is 0. The lowest BCUT2D eigenvalue weighted by Gasteiger charge is -2.06. The molecule has 0 saturated carbocycles. The van der Waals surface area contributed by atoms with Crippen LogP contribution in [0.25, 0.3) is 0 Å². The van der Waals surface area contributed by atoms with Crippen LogP contribution in [-0.2, 0) is 9.59 Å². The maximum Gasteiger partial charge on any atom is 0.337 e. The van der Waals surface area contributed by atoms with Crippen LogP contribution in [0.3, 0.4) is 0 Å². The first-order valence-corrected chi connectivity index (χ1v) is 5.03. The zero-order valence-electron chi connectivity index (χ0n) is 8.88. The fourth-order valence-electron chi connectivity index (χ4n) is 1.12. The quantitative estimate of drug-likeness (QED) is 0.721. The normalized spacial score (nSPS) is 10.3. The van der Waals surface area contributed by atoms with E-state index >= 15 is 0 Å². The molecule has 0 fully saturated rings. The molecule has 0 aliphatic rings. The Morgan fingerprint density at radius 1 is 1.17 bits per heavy atom. The van der Waals surface area contributed by atoms with Gasteiger partial charge in [-0.15, -0.1) is 0 Å². The number of hydrogen-bond acceptors (Lipinski definition) is 3. The number of halogens is 1. The number of carbonyl (C=O) groups is 3. The third kappa shape index (κ3) is 3.91. The summed E-state index contributed by atoms with van der Waals surface area (Å²) in [4.78, 5) is 32.4. The van der Waals surface area contributed by atoms with Gasteiger partial charge in [0.15, 0.2) is 0 Å². The van der Waals surface area contributed by atoms with E-state index in [1.54, 1.807) is 0 Å². The van der Waals surface area contributed by atoms with Gasteiger partial charge in [-0.3, -0.25) is 4.79 Å². The highest BCUT2D eigenvalue weighted by molar-refractivity contribution is 6.31. The zero-order valence-corrected chi connectivity index (χ0v) is 9.64. The molecule has 0 saturated heterocycles. The third-order valence-corrected chi connectivity index (χ3v) is 2.08. The van der Waals surface area contributed by atoms with Gasteiger partial charge in [0.1, 0.15) is 0 Å². The van der Waals surface area contributed by atoms with E-state index in [0.717, 1.165) is 6.08 Å². The fraction of sp³-hybridized carbons (Fsp3) is 0. The Bertz CT molecular complexity index is 538. The zero-order chi connectivity index (χ0) is 13.7. The van der Waals surface area contributed by atoms with Crippen molar-refractivity contribution in [2.45, 2.75) is 0 Å². The molecule has 0 bridgehead atoms. The van der Waals surface area contributed by atoms with Crippen molar-refractivity contribution in [3.05, 3.63) is 40.9 Å². The molecule has 1 amide bonds. The summed E-state index contributed by atoms with van der Waals surface area (Å²) in [6, 6.07) is 3.91. The Balaban J connectivity index is 2.94. The smallest absolute Gasteiger partial charge is 0.337 e. The Morgan fingerprint density at radius 3 is 2.39 bits per heavy atom. The van der Waals surface area contributed by atoms with Crippen molar-refractivity contribution < 1.29 is 24.6 Å². The van der Waals surface area contributed by atoms with Crippen LogP contribution in [0.4, 0.5) is 5.69 Å². The van der Waals surface area contributed by atoms with E-state index in [1.165, 1.54) is 18.2 Å². The van der Waals surface area contributed by atoms with E-state index in [9.17, 15) is 14.4 Å². The van der Waals surface area contributed by atoms with E-state index in [0.29, 0.717) is 6.08 Å². The molecule has 0 aliphatic heterocycles. The van der Waals surface area contributed by atoms with E-state index < -0.39 is 17.8 Å². The molecule has 0 unspecified atom stereocenters. The number of aliphatic carboxylic acids is 1. The van der Waals surface area contributed by atoms with Crippen LogP contribution in [0.15, 0.2) is 30.4 Å². The average molecular weight is 270 g/mol. The van der Waals surface area contributed by atoms with Gasteiger partial charge in [-0.1, -0.05) is 11.6 Å². The molecule has 0 aliphatic carbocycles. The average Bonchev–Trinajstić information content (AvgIpc) is 2.28. The number of carboxylic acids is 2. The number of amides is 1. The summed E-state index contributed by atoms with van der Waals surface area (Å²) in [5, 5.41) is 19.7. The van der Waals surface area contributed by atoms with Gasteiger partial charge in [0.2, 0.25) is 5.91 Å². The third-order valence-electron chi connectivity index (χ3n) is 1.85. The number of rotatable bonds is 4. The summed E-state index contributed by atoms with van der Waals surface area (Å²) in [6.45, 7) is 0. The highest BCUT2D eigenvalue weighted by Crippen LogP contribution is 2.20. The molecule has 94 valence electrons. The molecule has 1 aromatic rings. The number of carbonyl (C=O) groups excluding carboxylic acids is 1. The molecule has 7 heteroatoms. The van der Waals surface area contributed by atoms with Gasteiger partial charge in [-0.05, 0) is 18.2 Å². The van der Waals surface area contributed by atoms with E-state index in [-0.39, 0.29) is 16.3 Å². The summed E-state index contributed by atoms with van der Waals surface area (Å²) in [5.41, 5.74) is -0.147. The number of benzene rings is 1. The number of hydrogen-bond donors (Lipinski definition) is 3. The maximum absolute atomic E-state index is 11.3. The summed E-state index contributed by atoms with van der Waals surface area (Å²) >= 11 is 5.63. The Morgan fingerprint density at radius 2 is 1.83 bits per heavy atom. The first kappa shape index (κ1) is 13.7. The molecular formula is C11H8ClNO5. The molecular weight excluding hydrogens is 262 g/mol. The topological polar surface area (TPSA) is 104 Å². The maximum atomic E-state index is 11.3. The Hall–Kier alpha value is -2.34. The minimum absolute atomic E-state index is 0.0342. The van der Waals surface area contributed by atoms with Gasteiger partial charge in [-0.2, -0.15) is 0 Å². The first-order valence-electron chi connectivity index (χ1n) is 4.65. The van der Waals surface area contributed by atoms with Gasteiger partial charge in [-0.25, -0.2) is 9.59 Å². The predicted molar refractivity (Wildman–Crippen MR) is 63.8 cm³/mol. The highest BCUT2D eigenvalue weighted by atomic mass is 35.5. The molecule has 0 radical (unpaired) electrons. The van der Waals surface area contributed by atoms with Crippen molar-refractivity contribution >= 4 is 35.1 Å². The summed E-state index contributed by atoms with van der Waals surface area (Å²) in [7, 11) is 0. The lowest BCUT2D eigenvalue weighted by atomic mass is 10.2. The second-order valence-corrected chi connectivity index (χ2v) is 3.59. The molecule has 1 rings (SSSR count). The molecule has 3 N–H and O–H groups in total. The standard InChI is InChI=1S/C11H8ClNO5/c12-6-1-2-8(7(5-6)11(17)18)13-9(14)3-4-10(15)16/h1-5H,(H,13,14)(H,15,16)(H,17,18)/b4-3-. The molecule has 6 nitrogen and oxygen atoms in total. The van der Waals surface area contributed by atoms with Crippen molar-refractivity contribution in [2.75, 3.05) is 5.32 Å². The number of carboxylic acid groups (broad SMARTS) is 2. The predicted octanol–water partition coefficient (Wildman–Crippen LogP) is 1.62. The lowest BCUT2D eigenvalue weighted by molar-refractivity contribution is -0.131. The van der Waals surface area contributed by atoms with Crippen molar-refractivity contribution in [1.29, 1.82) is 0 Å². The largest absolute Gasteiger partial charge is 0.478 e. The van der Waals surface area contributed by atoms with Gasteiger partial charge in [0.25, 0.3) is 0 Å². The Kier molecular flexibility index (Phi) is 4.45. The Labute approximate surface area is 106 Å². The van der Waals surface area contributed by atoms with Crippen LogP contribution < -0.4 is 5.32 Å². The van der Waals surface area contributed by atoms with E-state index in [1.807, 2.05) is 0 Å². The van der Waals surface area contributed by atoms with Crippen LogP contribution in [-0.4, -0.2) is 28.1 Å². The highest BCUT2D eigenvalue weighted by Gasteiger charge is 2.12. The van der Waals surface area contributed by atoms with E-state index in [4.69, 9.17) is 21.8 Å². The molecule has 0 aromatic heterocycles. The van der Waals surface area contributed by atoms with Crippen LogP contribution in [0.1, 0.15) is 10.4 Å². The van der Waals surface area contributed by atoms with Gasteiger partial charge in [0.05, 0.1) is 11.3 Å².